The number of hydrogen-bond acceptors (Lipinski definition) is 6. The Bertz CT molecular complexity index is 1360. The number of aliphatic hydroxyl groups is 1. The van der Waals surface area contributed by atoms with Gasteiger partial charge in [-0.3, -0.25) is 14.3 Å². The van der Waals surface area contributed by atoms with Crippen LogP contribution >= 0.6 is 0 Å². The second kappa shape index (κ2) is 11.4. The lowest BCUT2D eigenvalue weighted by atomic mass is 10.1. The molecule has 9 nitrogen and oxygen atoms in total. The topological polar surface area (TPSA) is 125 Å². The fourth-order valence-electron chi connectivity index (χ4n) is 3.74. The van der Waals surface area contributed by atoms with Crippen LogP contribution in [0.2, 0.25) is 0 Å². The Kier molecular flexibility index (Phi) is 8.04. The summed E-state index contributed by atoms with van der Waals surface area (Å²) in [6, 6.07) is 17.0. The lowest BCUT2D eigenvalue weighted by Crippen LogP contribution is -2.45. The van der Waals surface area contributed by atoms with Gasteiger partial charge >= 0.3 is 0 Å². The number of nitrogens with zero attached hydrogens (tertiary/aromatic N) is 1. The van der Waals surface area contributed by atoms with Crippen molar-refractivity contribution in [3.05, 3.63) is 84.2 Å². The molecule has 3 aromatic carbocycles. The highest BCUT2D eigenvalue weighted by Crippen LogP contribution is 2.31. The summed E-state index contributed by atoms with van der Waals surface area (Å²) in [6.45, 7) is 0.683. The van der Waals surface area contributed by atoms with E-state index in [1.54, 1.807) is 23.1 Å². The molecule has 3 aromatic rings. The van der Waals surface area contributed by atoms with Gasteiger partial charge < -0.3 is 20.1 Å². The number of carbonyl (C=O) groups excluding carboxylic acids is 2. The molecule has 1 heterocycles. The molecule has 1 saturated heterocycles. The van der Waals surface area contributed by atoms with E-state index in [0.717, 1.165) is 0 Å². The molecule has 0 bridgehead atoms. The first-order valence-electron chi connectivity index (χ1n) is 11.6. The third-order valence-corrected chi connectivity index (χ3v) is 7.20. The Morgan fingerprint density at radius 3 is 2.30 bits per heavy atom. The minimum atomic E-state index is -4.02. The number of para-hydroxylation sites is 2. The number of sulfonamides is 1. The van der Waals surface area contributed by atoms with Gasteiger partial charge in [-0.1, -0.05) is 12.1 Å². The Morgan fingerprint density at radius 1 is 0.973 bits per heavy atom. The van der Waals surface area contributed by atoms with Crippen LogP contribution in [0.25, 0.3) is 0 Å². The van der Waals surface area contributed by atoms with Crippen molar-refractivity contribution in [2.45, 2.75) is 23.8 Å². The number of hydrogen-bond donors (Lipinski definition) is 3. The summed E-state index contributed by atoms with van der Waals surface area (Å²) in [5, 5.41) is 12.1. The first kappa shape index (κ1) is 26.1. The van der Waals surface area contributed by atoms with Gasteiger partial charge in [0.15, 0.2) is 5.75 Å². The summed E-state index contributed by atoms with van der Waals surface area (Å²) in [4.78, 5) is 26.2. The SMILES string of the molecule is O=C(NCC(=O)N1CCC(O)CC1)c1ccc(S(=O)(=O)Nc2ccccc2Oc2ccc(F)cc2)cc1. The molecule has 0 unspecified atom stereocenters. The zero-order chi connectivity index (χ0) is 26.4. The highest BCUT2D eigenvalue weighted by Gasteiger charge is 2.22. The smallest absolute Gasteiger partial charge is 0.262 e. The predicted molar refractivity (Wildman–Crippen MR) is 134 cm³/mol. The molecule has 3 N–H and O–H groups in total. The van der Waals surface area contributed by atoms with Gasteiger partial charge in [-0.25, -0.2) is 12.8 Å². The van der Waals surface area contributed by atoms with Crippen molar-refractivity contribution in [2.24, 2.45) is 0 Å². The molecule has 2 amide bonds. The van der Waals surface area contributed by atoms with E-state index in [1.807, 2.05) is 0 Å². The fraction of sp³-hybridized carbons (Fsp3) is 0.231. The van der Waals surface area contributed by atoms with E-state index in [1.165, 1.54) is 54.6 Å². The Balaban J connectivity index is 1.38. The summed E-state index contributed by atoms with van der Waals surface area (Å²) in [5.41, 5.74) is 0.373. The number of likely N-dealkylation sites (tertiary alicyclic amines) is 1. The Hall–Kier alpha value is -3.96. The average Bonchev–Trinajstić information content (AvgIpc) is 2.90. The van der Waals surface area contributed by atoms with Crippen LogP contribution < -0.4 is 14.8 Å². The summed E-state index contributed by atoms with van der Waals surface area (Å²) in [5.74, 6) is -0.625. The van der Waals surface area contributed by atoms with Gasteiger partial charge in [0.1, 0.15) is 11.6 Å². The number of amides is 2. The summed E-state index contributed by atoms with van der Waals surface area (Å²) in [7, 11) is -4.02. The number of halogens is 1. The molecular weight excluding hydrogens is 501 g/mol. The van der Waals surface area contributed by atoms with Crippen LogP contribution in [0.5, 0.6) is 11.5 Å². The Labute approximate surface area is 213 Å². The van der Waals surface area contributed by atoms with Crippen molar-refractivity contribution in [1.29, 1.82) is 0 Å². The Morgan fingerprint density at radius 2 is 1.62 bits per heavy atom. The van der Waals surface area contributed by atoms with E-state index in [0.29, 0.717) is 31.7 Å². The van der Waals surface area contributed by atoms with Crippen molar-refractivity contribution in [1.82, 2.24) is 10.2 Å². The minimum Gasteiger partial charge on any atom is -0.455 e. The van der Waals surface area contributed by atoms with Crippen molar-refractivity contribution < 1.29 is 32.2 Å². The van der Waals surface area contributed by atoms with Gasteiger partial charge in [0.2, 0.25) is 5.91 Å². The molecule has 4 rings (SSSR count). The highest BCUT2D eigenvalue weighted by atomic mass is 32.2. The molecule has 1 fully saturated rings. The van der Waals surface area contributed by atoms with Gasteiger partial charge in [0.05, 0.1) is 23.2 Å². The van der Waals surface area contributed by atoms with Gasteiger partial charge in [0.25, 0.3) is 15.9 Å². The van der Waals surface area contributed by atoms with E-state index in [4.69, 9.17) is 4.74 Å². The molecule has 37 heavy (non-hydrogen) atoms. The van der Waals surface area contributed by atoms with Gasteiger partial charge in [-0.05, 0) is 73.5 Å². The summed E-state index contributed by atoms with van der Waals surface area (Å²) < 4.78 is 47.3. The second-order valence-corrected chi connectivity index (χ2v) is 10.2. The highest BCUT2D eigenvalue weighted by molar-refractivity contribution is 7.92. The van der Waals surface area contributed by atoms with E-state index in [2.05, 4.69) is 10.0 Å². The molecule has 0 aliphatic carbocycles. The zero-order valence-corrected chi connectivity index (χ0v) is 20.6. The van der Waals surface area contributed by atoms with Crippen molar-refractivity contribution >= 4 is 27.5 Å². The van der Waals surface area contributed by atoms with Gasteiger partial charge in [0, 0.05) is 18.7 Å². The maximum absolute atomic E-state index is 13.2. The number of carbonyl (C=O) groups is 2. The van der Waals surface area contributed by atoms with Crippen LogP contribution in [0.15, 0.2) is 77.7 Å². The molecule has 0 saturated carbocycles. The van der Waals surface area contributed by atoms with E-state index < -0.39 is 27.9 Å². The molecule has 11 heteroatoms. The quantitative estimate of drug-likeness (QED) is 0.413. The standard InChI is InChI=1S/C26H26FN3O6S/c27-19-7-9-21(10-8-19)36-24-4-2-1-3-23(24)29-37(34,35)22-11-5-18(6-12-22)26(33)28-17-25(32)30-15-13-20(31)14-16-30/h1-12,20,29,31H,13-17H2,(H,28,33). The van der Waals surface area contributed by atoms with Crippen molar-refractivity contribution in [3.8, 4) is 11.5 Å². The third-order valence-electron chi connectivity index (χ3n) is 5.82. The number of ether oxygens (including phenoxy) is 1. The number of rotatable bonds is 8. The molecule has 194 valence electrons. The first-order chi connectivity index (χ1) is 17.7. The summed E-state index contributed by atoms with van der Waals surface area (Å²) in [6.07, 6.45) is 0.609. The molecule has 0 spiro atoms. The number of piperidine rings is 1. The van der Waals surface area contributed by atoms with E-state index in [-0.39, 0.29) is 34.3 Å². The molecule has 1 aliphatic heterocycles. The molecular formula is C26H26FN3O6S. The summed E-state index contributed by atoms with van der Waals surface area (Å²) >= 11 is 0. The second-order valence-electron chi connectivity index (χ2n) is 8.48. The maximum atomic E-state index is 13.2. The van der Waals surface area contributed by atoms with E-state index in [9.17, 15) is 27.5 Å². The normalized spacial score (nSPS) is 14.2. The molecule has 0 atom stereocenters. The van der Waals surface area contributed by atoms with Gasteiger partial charge in [-0.2, -0.15) is 0 Å². The lowest BCUT2D eigenvalue weighted by molar-refractivity contribution is -0.132. The van der Waals surface area contributed by atoms with Crippen molar-refractivity contribution in [3.63, 3.8) is 0 Å². The first-order valence-corrected chi connectivity index (χ1v) is 13.1. The van der Waals surface area contributed by atoms with Crippen molar-refractivity contribution in [2.75, 3.05) is 24.4 Å². The fourth-order valence-corrected chi connectivity index (χ4v) is 4.81. The lowest BCUT2D eigenvalue weighted by Gasteiger charge is -2.29. The monoisotopic (exact) mass is 527 g/mol. The number of benzene rings is 3. The number of aliphatic hydroxyl groups excluding tert-OH is 1. The largest absolute Gasteiger partial charge is 0.455 e. The maximum Gasteiger partial charge on any atom is 0.262 e. The van der Waals surface area contributed by atoms with Crippen LogP contribution in [0, 0.1) is 5.82 Å². The third kappa shape index (κ3) is 6.83. The average molecular weight is 528 g/mol. The molecule has 0 radical (unpaired) electrons. The van der Waals surface area contributed by atoms with Crippen LogP contribution in [-0.2, 0) is 14.8 Å². The van der Waals surface area contributed by atoms with E-state index >= 15 is 0 Å². The molecule has 0 aromatic heterocycles. The molecule has 1 aliphatic rings. The van der Waals surface area contributed by atoms with Crippen LogP contribution in [0.4, 0.5) is 10.1 Å². The van der Waals surface area contributed by atoms with Crippen LogP contribution in [-0.4, -0.2) is 56.0 Å². The zero-order valence-electron chi connectivity index (χ0n) is 19.8. The van der Waals surface area contributed by atoms with Crippen LogP contribution in [0.3, 0.4) is 0 Å². The number of anilines is 1. The predicted octanol–water partition coefficient (Wildman–Crippen LogP) is 3.13. The number of nitrogens with one attached hydrogen (secondary N) is 2. The minimum absolute atomic E-state index is 0.0800. The van der Waals surface area contributed by atoms with Crippen LogP contribution in [0.1, 0.15) is 23.2 Å². The van der Waals surface area contributed by atoms with Gasteiger partial charge in [-0.15, -0.1) is 0 Å².